The summed E-state index contributed by atoms with van der Waals surface area (Å²) in [6.07, 6.45) is 0. The van der Waals surface area contributed by atoms with E-state index >= 15 is 0 Å². The molecule has 4 heteroatoms. The van der Waals surface area contributed by atoms with Crippen molar-refractivity contribution in [3.05, 3.63) is 35.4 Å². The Labute approximate surface area is 121 Å². The largest absolute Gasteiger partial charge is 0.334 e. The monoisotopic (exact) mass is 327 g/mol. The average Bonchev–Trinajstić information content (AvgIpc) is 2.41. The summed E-state index contributed by atoms with van der Waals surface area (Å²) < 4.78 is 0. The van der Waals surface area contributed by atoms with Gasteiger partial charge in [-0.25, -0.2) is 0 Å². The average molecular weight is 328 g/mol. The Morgan fingerprint density at radius 1 is 1.39 bits per heavy atom. The molecule has 1 saturated heterocycles. The fourth-order valence-electron chi connectivity index (χ4n) is 2.12. The van der Waals surface area contributed by atoms with Gasteiger partial charge in [0.25, 0.3) is 5.91 Å². The van der Waals surface area contributed by atoms with Crippen LogP contribution in [0.5, 0.6) is 0 Å². The van der Waals surface area contributed by atoms with Gasteiger partial charge in [0.05, 0.1) is 0 Å². The van der Waals surface area contributed by atoms with Crippen LogP contribution in [0.3, 0.4) is 0 Å². The molecule has 0 N–H and O–H groups in total. The first-order valence-electron chi connectivity index (χ1n) is 6.21. The third-order valence-electron chi connectivity index (χ3n) is 3.50. The minimum absolute atomic E-state index is 0.163. The summed E-state index contributed by atoms with van der Waals surface area (Å²) in [5.41, 5.74) is 1.99. The highest BCUT2D eigenvalue weighted by Gasteiger charge is 2.29. The zero-order valence-corrected chi connectivity index (χ0v) is 13.1. The zero-order chi connectivity index (χ0) is 13.1. The molecule has 1 aliphatic rings. The number of amides is 1. The predicted molar refractivity (Wildman–Crippen MR) is 81.5 cm³/mol. The maximum atomic E-state index is 12.5. The van der Waals surface area contributed by atoms with Crippen molar-refractivity contribution in [2.75, 3.05) is 12.3 Å². The van der Waals surface area contributed by atoms with Crippen LogP contribution in [0.15, 0.2) is 24.3 Å². The van der Waals surface area contributed by atoms with Crippen LogP contribution in [0.4, 0.5) is 0 Å². The van der Waals surface area contributed by atoms with E-state index in [1.807, 2.05) is 40.9 Å². The summed E-state index contributed by atoms with van der Waals surface area (Å²) >= 11 is 5.36. The van der Waals surface area contributed by atoms with Gasteiger partial charge in [-0.1, -0.05) is 35.0 Å². The van der Waals surface area contributed by atoms with Crippen LogP contribution >= 0.6 is 27.7 Å². The van der Waals surface area contributed by atoms with E-state index in [2.05, 4.69) is 29.8 Å². The zero-order valence-electron chi connectivity index (χ0n) is 10.7. The van der Waals surface area contributed by atoms with E-state index in [4.69, 9.17) is 0 Å². The minimum Gasteiger partial charge on any atom is -0.334 e. The predicted octanol–water partition coefficient (Wildman–Crippen LogP) is 3.55. The quantitative estimate of drug-likeness (QED) is 0.774. The van der Waals surface area contributed by atoms with Gasteiger partial charge in [0.1, 0.15) is 0 Å². The third kappa shape index (κ3) is 2.91. The highest BCUT2D eigenvalue weighted by molar-refractivity contribution is 9.08. The lowest BCUT2D eigenvalue weighted by atomic mass is 10.1. The maximum absolute atomic E-state index is 12.5. The van der Waals surface area contributed by atoms with E-state index in [1.165, 1.54) is 5.56 Å². The van der Waals surface area contributed by atoms with Crippen LogP contribution < -0.4 is 0 Å². The van der Waals surface area contributed by atoms with Crippen LogP contribution in [0.25, 0.3) is 0 Å². The number of hydrogen-bond donors (Lipinski definition) is 0. The van der Waals surface area contributed by atoms with E-state index in [0.717, 1.165) is 23.2 Å². The molecule has 1 aromatic rings. The van der Waals surface area contributed by atoms with Crippen molar-refractivity contribution >= 4 is 33.6 Å². The summed E-state index contributed by atoms with van der Waals surface area (Å²) in [6.45, 7) is 5.19. The van der Waals surface area contributed by atoms with Crippen LogP contribution in [-0.4, -0.2) is 34.4 Å². The number of nitrogens with zero attached hydrogens (tertiary/aromatic N) is 1. The van der Waals surface area contributed by atoms with Crippen LogP contribution in [0.1, 0.15) is 29.8 Å². The molecular weight excluding hydrogens is 310 g/mol. The summed E-state index contributed by atoms with van der Waals surface area (Å²) in [5, 5.41) is 1.35. The molecule has 0 radical (unpaired) electrons. The van der Waals surface area contributed by atoms with Crippen LogP contribution in [0.2, 0.25) is 0 Å². The number of hydrogen-bond acceptors (Lipinski definition) is 2. The lowest BCUT2D eigenvalue weighted by Gasteiger charge is -2.37. The van der Waals surface area contributed by atoms with Crippen molar-refractivity contribution in [2.24, 2.45) is 0 Å². The Kier molecular flexibility index (Phi) is 4.73. The Hall–Kier alpha value is -0.480. The van der Waals surface area contributed by atoms with Crippen LogP contribution in [-0.2, 0) is 5.33 Å². The van der Waals surface area contributed by atoms with E-state index in [9.17, 15) is 4.79 Å². The van der Waals surface area contributed by atoms with E-state index in [0.29, 0.717) is 11.3 Å². The molecule has 2 atom stereocenters. The molecule has 1 amide bonds. The topological polar surface area (TPSA) is 20.3 Å². The molecule has 1 aromatic carbocycles. The van der Waals surface area contributed by atoms with E-state index < -0.39 is 0 Å². The van der Waals surface area contributed by atoms with Gasteiger partial charge in [0.15, 0.2) is 0 Å². The smallest absolute Gasteiger partial charge is 0.254 e. The summed E-state index contributed by atoms with van der Waals surface area (Å²) in [7, 11) is 0. The lowest BCUT2D eigenvalue weighted by Crippen LogP contribution is -2.47. The van der Waals surface area contributed by atoms with Crippen molar-refractivity contribution in [1.29, 1.82) is 0 Å². The number of benzene rings is 1. The fourth-order valence-corrected chi connectivity index (χ4v) is 3.60. The molecule has 0 aromatic heterocycles. The van der Waals surface area contributed by atoms with Gasteiger partial charge < -0.3 is 4.90 Å². The summed E-state index contributed by atoms with van der Waals surface area (Å²) in [4.78, 5) is 14.5. The number of halogens is 1. The van der Waals surface area contributed by atoms with Gasteiger partial charge >= 0.3 is 0 Å². The summed E-state index contributed by atoms with van der Waals surface area (Å²) in [5.74, 6) is 1.20. The molecule has 1 aliphatic heterocycles. The minimum atomic E-state index is 0.163. The lowest BCUT2D eigenvalue weighted by molar-refractivity contribution is 0.0698. The molecular formula is C14H18BrNOS. The molecule has 2 nitrogen and oxygen atoms in total. The number of rotatable bonds is 2. The SMILES string of the molecule is CC1SCCN(C(=O)c2ccc(CBr)cc2)C1C. The molecule has 18 heavy (non-hydrogen) atoms. The molecule has 2 rings (SSSR count). The Morgan fingerprint density at radius 2 is 2.06 bits per heavy atom. The van der Waals surface area contributed by atoms with Gasteiger partial charge in [-0.3, -0.25) is 4.79 Å². The van der Waals surface area contributed by atoms with Gasteiger partial charge in [0, 0.05) is 34.5 Å². The van der Waals surface area contributed by atoms with Crippen molar-refractivity contribution < 1.29 is 4.79 Å². The van der Waals surface area contributed by atoms with E-state index in [1.54, 1.807) is 0 Å². The molecule has 0 bridgehead atoms. The molecule has 2 unspecified atom stereocenters. The normalized spacial score (nSPS) is 24.1. The highest BCUT2D eigenvalue weighted by atomic mass is 79.9. The fraction of sp³-hybridized carbons (Fsp3) is 0.500. The van der Waals surface area contributed by atoms with Crippen molar-refractivity contribution in [3.8, 4) is 0 Å². The van der Waals surface area contributed by atoms with Crippen molar-refractivity contribution in [3.63, 3.8) is 0 Å². The van der Waals surface area contributed by atoms with Gasteiger partial charge in [-0.15, -0.1) is 0 Å². The molecule has 0 saturated carbocycles. The van der Waals surface area contributed by atoms with E-state index in [-0.39, 0.29) is 5.91 Å². The molecule has 0 aliphatic carbocycles. The number of alkyl halides is 1. The summed E-state index contributed by atoms with van der Waals surface area (Å²) in [6, 6.07) is 8.19. The van der Waals surface area contributed by atoms with Gasteiger partial charge in [-0.2, -0.15) is 11.8 Å². The first kappa shape index (κ1) is 13.9. The first-order valence-corrected chi connectivity index (χ1v) is 8.38. The second-order valence-electron chi connectivity index (χ2n) is 4.65. The third-order valence-corrected chi connectivity index (χ3v) is 5.49. The molecule has 0 spiro atoms. The number of thioether (sulfide) groups is 1. The van der Waals surface area contributed by atoms with Gasteiger partial charge in [-0.05, 0) is 24.6 Å². The second-order valence-corrected chi connectivity index (χ2v) is 6.69. The van der Waals surface area contributed by atoms with Crippen molar-refractivity contribution in [2.45, 2.75) is 30.5 Å². The highest BCUT2D eigenvalue weighted by Crippen LogP contribution is 2.25. The Bertz CT molecular complexity index is 420. The standard InChI is InChI=1S/C14H18BrNOS/c1-10-11(2)18-8-7-16(10)14(17)13-5-3-12(9-15)4-6-13/h3-6,10-11H,7-9H2,1-2H3. The Morgan fingerprint density at radius 3 is 2.67 bits per heavy atom. The second kappa shape index (κ2) is 6.11. The number of carbonyl (C=O) groups excluding carboxylic acids is 1. The van der Waals surface area contributed by atoms with Crippen LogP contribution in [0, 0.1) is 0 Å². The molecule has 98 valence electrons. The maximum Gasteiger partial charge on any atom is 0.254 e. The van der Waals surface area contributed by atoms with Crippen molar-refractivity contribution in [1.82, 2.24) is 4.90 Å². The molecule has 1 fully saturated rings. The Balaban J connectivity index is 2.14. The van der Waals surface area contributed by atoms with Gasteiger partial charge in [0.2, 0.25) is 0 Å². The molecule has 1 heterocycles. The number of carbonyl (C=O) groups is 1. The first-order chi connectivity index (χ1) is 8.63.